The highest BCUT2D eigenvalue weighted by atomic mass is 32.2. The molecule has 2 aromatic rings. The smallest absolute Gasteiger partial charge is 0.341 e. The van der Waals surface area contributed by atoms with Crippen molar-refractivity contribution in [3.63, 3.8) is 0 Å². The quantitative estimate of drug-likeness (QED) is 0.555. The van der Waals surface area contributed by atoms with Gasteiger partial charge in [-0.2, -0.15) is 13.2 Å². The molecule has 2 saturated heterocycles. The molecule has 3 heterocycles. The fourth-order valence-corrected chi connectivity index (χ4v) is 5.14. The van der Waals surface area contributed by atoms with E-state index in [0.717, 1.165) is 48.1 Å². The fourth-order valence-electron chi connectivity index (χ4n) is 4.31. The minimum atomic E-state index is -4.46. The van der Waals surface area contributed by atoms with Crippen LogP contribution in [-0.4, -0.2) is 51.1 Å². The first kappa shape index (κ1) is 24.1. The average Bonchev–Trinajstić information content (AvgIpc) is 3.22. The van der Waals surface area contributed by atoms with Crippen LogP contribution in [0.4, 0.5) is 18.0 Å². The lowest BCUT2D eigenvalue weighted by molar-refractivity contribution is -0.137. The van der Waals surface area contributed by atoms with Crippen LogP contribution < -0.4 is 0 Å². The number of hydrogen-bond acceptors (Lipinski definition) is 4. The molecule has 0 N–H and O–H groups in total. The molecule has 4 rings (SSSR count). The van der Waals surface area contributed by atoms with Gasteiger partial charge in [0.2, 0.25) is 5.91 Å². The lowest BCUT2D eigenvalue weighted by atomic mass is 10.1. The maximum Gasteiger partial charge on any atom is 0.416 e. The van der Waals surface area contributed by atoms with Crippen molar-refractivity contribution >= 4 is 34.9 Å². The molecular formula is C24H24F3N3O3S. The second-order valence-corrected chi connectivity index (χ2v) is 9.41. The summed E-state index contributed by atoms with van der Waals surface area (Å²) in [6, 6.07) is 6.77. The van der Waals surface area contributed by atoms with E-state index >= 15 is 0 Å². The highest BCUT2D eigenvalue weighted by Crippen LogP contribution is 2.35. The number of carbonyl (C=O) groups excluding carboxylic acids is 3. The first-order valence-corrected chi connectivity index (χ1v) is 11.8. The number of likely N-dealkylation sites (tertiary alicyclic amines) is 1. The van der Waals surface area contributed by atoms with Crippen LogP contribution in [0.5, 0.6) is 0 Å². The molecule has 10 heteroatoms. The molecule has 1 aromatic heterocycles. The van der Waals surface area contributed by atoms with E-state index in [1.165, 1.54) is 6.07 Å². The lowest BCUT2D eigenvalue weighted by Crippen LogP contribution is -2.44. The Morgan fingerprint density at radius 1 is 1.09 bits per heavy atom. The molecule has 6 nitrogen and oxygen atoms in total. The van der Waals surface area contributed by atoms with Crippen molar-refractivity contribution in [1.29, 1.82) is 0 Å². The number of carbonyl (C=O) groups is 3. The summed E-state index contributed by atoms with van der Waals surface area (Å²) in [5.41, 5.74) is 1.53. The molecule has 2 aliphatic rings. The summed E-state index contributed by atoms with van der Waals surface area (Å²) in [6.07, 6.45) is -0.0160. The van der Waals surface area contributed by atoms with E-state index in [1.54, 1.807) is 41.5 Å². The molecule has 0 radical (unpaired) electrons. The van der Waals surface area contributed by atoms with Crippen molar-refractivity contribution in [2.45, 2.75) is 39.3 Å². The molecule has 0 aliphatic carbocycles. The Kier molecular flexibility index (Phi) is 6.62. The van der Waals surface area contributed by atoms with E-state index in [4.69, 9.17) is 0 Å². The van der Waals surface area contributed by atoms with Crippen LogP contribution in [-0.2, 0) is 15.8 Å². The first-order valence-electron chi connectivity index (χ1n) is 11.0. The predicted molar refractivity (Wildman–Crippen MR) is 123 cm³/mol. The normalized spacial score (nSPS) is 18.3. The lowest BCUT2D eigenvalue weighted by Gasteiger charge is -2.27. The zero-order valence-corrected chi connectivity index (χ0v) is 19.6. The third-order valence-corrected chi connectivity index (χ3v) is 6.97. The Morgan fingerprint density at radius 3 is 2.47 bits per heavy atom. The number of aryl methyl sites for hydroxylation is 1. The monoisotopic (exact) mass is 491 g/mol. The van der Waals surface area contributed by atoms with Gasteiger partial charge in [0, 0.05) is 30.2 Å². The standard InChI is InChI=1S/C24H24F3N3O3S/c1-15-11-17(16(2)30(15)19-8-6-7-18(13-19)24(25,26)27)12-20-22(32)29(23(33)34-20)14-21(31)28-9-4-3-5-10-28/h6-8,11-13H,3-5,9-10,14H2,1-2H3/b20-12-. The number of aromatic nitrogens is 1. The molecule has 0 saturated carbocycles. The third-order valence-electron chi connectivity index (χ3n) is 6.06. The number of benzene rings is 1. The van der Waals surface area contributed by atoms with Crippen LogP contribution in [0.1, 0.15) is 41.8 Å². The summed E-state index contributed by atoms with van der Waals surface area (Å²) in [5, 5.41) is -0.506. The summed E-state index contributed by atoms with van der Waals surface area (Å²) >= 11 is 0.760. The van der Waals surface area contributed by atoms with E-state index in [0.29, 0.717) is 35.7 Å². The Morgan fingerprint density at radius 2 is 1.79 bits per heavy atom. The number of hydrogen-bond donors (Lipinski definition) is 0. The van der Waals surface area contributed by atoms with E-state index < -0.39 is 22.9 Å². The van der Waals surface area contributed by atoms with E-state index in [-0.39, 0.29) is 17.4 Å². The zero-order valence-electron chi connectivity index (χ0n) is 18.8. The van der Waals surface area contributed by atoms with Gasteiger partial charge in [-0.1, -0.05) is 6.07 Å². The predicted octanol–water partition coefficient (Wildman–Crippen LogP) is 5.16. The number of piperidine rings is 1. The van der Waals surface area contributed by atoms with Crippen LogP contribution in [0.3, 0.4) is 0 Å². The summed E-state index contributed by atoms with van der Waals surface area (Å²) in [5.74, 6) is -0.782. The first-order chi connectivity index (χ1) is 16.1. The van der Waals surface area contributed by atoms with Crippen LogP contribution in [0, 0.1) is 13.8 Å². The molecule has 1 aromatic carbocycles. The SMILES string of the molecule is Cc1cc(/C=C2\SC(=O)N(CC(=O)N3CCCCC3)C2=O)c(C)n1-c1cccc(C(F)(F)F)c1. The number of halogens is 3. The Labute approximate surface area is 199 Å². The van der Waals surface area contributed by atoms with Gasteiger partial charge in [0.25, 0.3) is 11.1 Å². The van der Waals surface area contributed by atoms with Crippen molar-refractivity contribution in [1.82, 2.24) is 14.4 Å². The molecule has 34 heavy (non-hydrogen) atoms. The Hall–Kier alpha value is -3.01. The second kappa shape index (κ2) is 9.32. The minimum absolute atomic E-state index is 0.181. The molecule has 0 atom stereocenters. The van der Waals surface area contributed by atoms with Gasteiger partial charge in [0.05, 0.1) is 10.5 Å². The molecule has 180 valence electrons. The molecule has 0 bridgehead atoms. The summed E-state index contributed by atoms with van der Waals surface area (Å²) in [4.78, 5) is 40.7. The Balaban J connectivity index is 1.57. The average molecular weight is 492 g/mol. The van der Waals surface area contributed by atoms with Crippen molar-refractivity contribution in [3.05, 3.63) is 57.8 Å². The van der Waals surface area contributed by atoms with Gasteiger partial charge in [-0.25, -0.2) is 0 Å². The summed E-state index contributed by atoms with van der Waals surface area (Å²) < 4.78 is 41.2. The van der Waals surface area contributed by atoms with E-state index in [2.05, 4.69) is 0 Å². The molecular weight excluding hydrogens is 467 g/mol. The van der Waals surface area contributed by atoms with Gasteiger partial charge >= 0.3 is 6.18 Å². The molecule has 3 amide bonds. The van der Waals surface area contributed by atoms with Crippen molar-refractivity contribution in [2.75, 3.05) is 19.6 Å². The molecule has 2 aliphatic heterocycles. The van der Waals surface area contributed by atoms with Gasteiger partial charge < -0.3 is 9.47 Å². The number of amides is 3. The van der Waals surface area contributed by atoms with Gasteiger partial charge in [-0.15, -0.1) is 0 Å². The van der Waals surface area contributed by atoms with E-state index in [1.807, 2.05) is 0 Å². The molecule has 0 spiro atoms. The highest BCUT2D eigenvalue weighted by Gasteiger charge is 2.37. The summed E-state index contributed by atoms with van der Waals surface area (Å²) in [6.45, 7) is 4.47. The minimum Gasteiger partial charge on any atom is -0.341 e. The van der Waals surface area contributed by atoms with Gasteiger partial charge in [-0.3, -0.25) is 19.3 Å². The largest absolute Gasteiger partial charge is 0.416 e. The Bertz CT molecular complexity index is 1180. The molecule has 0 unspecified atom stereocenters. The van der Waals surface area contributed by atoms with Gasteiger partial charge in [0.15, 0.2) is 0 Å². The van der Waals surface area contributed by atoms with Crippen molar-refractivity contribution in [3.8, 4) is 5.69 Å². The van der Waals surface area contributed by atoms with Gasteiger partial charge in [-0.05, 0) is 80.8 Å². The number of imide groups is 1. The topological polar surface area (TPSA) is 62.6 Å². The van der Waals surface area contributed by atoms with Crippen LogP contribution >= 0.6 is 11.8 Å². The molecule has 2 fully saturated rings. The fraction of sp³-hybridized carbons (Fsp3) is 0.375. The van der Waals surface area contributed by atoms with Gasteiger partial charge in [0.1, 0.15) is 6.54 Å². The van der Waals surface area contributed by atoms with E-state index in [9.17, 15) is 27.6 Å². The zero-order chi connectivity index (χ0) is 24.6. The van der Waals surface area contributed by atoms with Crippen molar-refractivity contribution < 1.29 is 27.6 Å². The summed E-state index contributed by atoms with van der Waals surface area (Å²) in [7, 11) is 0. The van der Waals surface area contributed by atoms with Crippen LogP contribution in [0.15, 0.2) is 35.2 Å². The second-order valence-electron chi connectivity index (χ2n) is 8.42. The number of rotatable bonds is 4. The third kappa shape index (κ3) is 4.77. The number of alkyl halides is 3. The highest BCUT2D eigenvalue weighted by molar-refractivity contribution is 8.18. The maximum atomic E-state index is 13.2. The van der Waals surface area contributed by atoms with Crippen molar-refractivity contribution in [2.24, 2.45) is 0 Å². The maximum absolute atomic E-state index is 13.2. The number of thioether (sulfide) groups is 1. The van der Waals surface area contributed by atoms with Crippen LogP contribution in [0.2, 0.25) is 0 Å². The van der Waals surface area contributed by atoms with Crippen LogP contribution in [0.25, 0.3) is 11.8 Å². The number of nitrogens with zero attached hydrogens (tertiary/aromatic N) is 3.